The number of piperidine rings is 1. The van der Waals surface area contributed by atoms with Gasteiger partial charge in [0.2, 0.25) is 10.0 Å². The van der Waals surface area contributed by atoms with E-state index < -0.39 is 39.2 Å². The first kappa shape index (κ1) is 23.7. The third kappa shape index (κ3) is 5.83. The molecule has 0 atom stereocenters. The molecule has 32 heavy (non-hydrogen) atoms. The largest absolute Gasteiger partial charge is 0.497 e. The molecule has 8 nitrogen and oxygen atoms in total. The number of methoxy groups -OCH3 is 1. The Balaban J connectivity index is 1.58. The molecular formula is C22H25FN2O6S. The van der Waals surface area contributed by atoms with Crippen LogP contribution in [-0.4, -0.2) is 51.4 Å². The van der Waals surface area contributed by atoms with Crippen LogP contribution < -0.4 is 10.1 Å². The van der Waals surface area contributed by atoms with Crippen molar-refractivity contribution in [2.75, 3.05) is 26.8 Å². The monoisotopic (exact) mass is 464 g/mol. The number of ether oxygens (including phenoxy) is 2. The highest BCUT2D eigenvalue weighted by atomic mass is 32.2. The molecule has 0 bridgehead atoms. The number of nitrogens with zero attached hydrogens (tertiary/aromatic N) is 1. The number of rotatable bonds is 8. The van der Waals surface area contributed by atoms with Gasteiger partial charge in [-0.15, -0.1) is 0 Å². The van der Waals surface area contributed by atoms with Crippen LogP contribution in [0.15, 0.2) is 47.4 Å². The molecule has 172 valence electrons. The molecule has 0 aromatic heterocycles. The van der Waals surface area contributed by atoms with Gasteiger partial charge >= 0.3 is 5.97 Å². The number of hydrogen-bond donors (Lipinski definition) is 1. The molecule has 10 heteroatoms. The van der Waals surface area contributed by atoms with Gasteiger partial charge in [-0.1, -0.05) is 18.6 Å². The number of halogens is 1. The van der Waals surface area contributed by atoms with Crippen LogP contribution in [0.2, 0.25) is 0 Å². The van der Waals surface area contributed by atoms with Gasteiger partial charge in [-0.3, -0.25) is 4.79 Å². The van der Waals surface area contributed by atoms with Crippen molar-refractivity contribution < 1.29 is 31.9 Å². The van der Waals surface area contributed by atoms with Crippen LogP contribution in [0.4, 0.5) is 4.39 Å². The molecule has 3 rings (SSSR count). The van der Waals surface area contributed by atoms with Gasteiger partial charge in [0.05, 0.1) is 12.7 Å². The Morgan fingerprint density at radius 2 is 1.75 bits per heavy atom. The maximum Gasteiger partial charge on any atom is 0.338 e. The van der Waals surface area contributed by atoms with Gasteiger partial charge in [-0.2, -0.15) is 4.31 Å². The molecule has 1 amide bonds. The summed E-state index contributed by atoms with van der Waals surface area (Å²) in [5.41, 5.74) is 0.682. The number of carbonyl (C=O) groups excluding carboxylic acids is 2. The topological polar surface area (TPSA) is 102 Å². The summed E-state index contributed by atoms with van der Waals surface area (Å²) in [7, 11) is -2.51. The van der Waals surface area contributed by atoms with E-state index in [0.29, 0.717) is 31.7 Å². The molecule has 2 aromatic carbocycles. The van der Waals surface area contributed by atoms with E-state index in [9.17, 15) is 22.4 Å². The highest BCUT2D eigenvalue weighted by Crippen LogP contribution is 2.24. The Morgan fingerprint density at radius 1 is 1.06 bits per heavy atom. The van der Waals surface area contributed by atoms with Gasteiger partial charge in [0, 0.05) is 19.6 Å². The summed E-state index contributed by atoms with van der Waals surface area (Å²) >= 11 is 0. The molecule has 1 aliphatic heterocycles. The predicted molar refractivity (Wildman–Crippen MR) is 114 cm³/mol. The fraction of sp³-hybridized carbons (Fsp3) is 0.364. The summed E-state index contributed by atoms with van der Waals surface area (Å²) in [6, 6.07) is 10.1. The van der Waals surface area contributed by atoms with Crippen LogP contribution >= 0.6 is 0 Å². The summed E-state index contributed by atoms with van der Waals surface area (Å²) in [5.74, 6) is -1.70. The number of nitrogens with one attached hydrogen (secondary N) is 1. The third-order valence-electron chi connectivity index (χ3n) is 5.08. The second kappa shape index (κ2) is 10.6. The Hall–Kier alpha value is -2.98. The summed E-state index contributed by atoms with van der Waals surface area (Å²) in [5, 5.41) is 2.61. The molecule has 1 N–H and O–H groups in total. The minimum absolute atomic E-state index is 0.148. The Bertz CT molecular complexity index is 1070. The maximum absolute atomic E-state index is 14.3. The van der Waals surface area contributed by atoms with E-state index in [1.54, 1.807) is 31.4 Å². The van der Waals surface area contributed by atoms with Gasteiger partial charge in [0.15, 0.2) is 6.61 Å². The first-order valence-corrected chi connectivity index (χ1v) is 11.6. The van der Waals surface area contributed by atoms with E-state index in [1.807, 2.05) is 0 Å². The van der Waals surface area contributed by atoms with E-state index in [-0.39, 0.29) is 12.1 Å². The van der Waals surface area contributed by atoms with E-state index in [0.717, 1.165) is 30.2 Å². The highest BCUT2D eigenvalue weighted by molar-refractivity contribution is 7.89. The highest BCUT2D eigenvalue weighted by Gasteiger charge is 2.29. The fourth-order valence-electron chi connectivity index (χ4n) is 3.28. The number of esters is 1. The van der Waals surface area contributed by atoms with Crippen molar-refractivity contribution in [3.05, 3.63) is 59.4 Å². The average Bonchev–Trinajstić information content (AvgIpc) is 2.82. The van der Waals surface area contributed by atoms with Crippen molar-refractivity contribution in [1.82, 2.24) is 9.62 Å². The van der Waals surface area contributed by atoms with Crippen LogP contribution in [-0.2, 0) is 26.1 Å². The first-order chi connectivity index (χ1) is 15.3. The summed E-state index contributed by atoms with van der Waals surface area (Å²) in [6.07, 6.45) is 2.32. The second-order valence-corrected chi connectivity index (χ2v) is 9.22. The van der Waals surface area contributed by atoms with Crippen molar-refractivity contribution in [1.29, 1.82) is 0 Å². The van der Waals surface area contributed by atoms with Gasteiger partial charge in [0.1, 0.15) is 16.5 Å². The lowest BCUT2D eigenvalue weighted by molar-refractivity contribution is -0.124. The zero-order valence-electron chi connectivity index (χ0n) is 17.7. The van der Waals surface area contributed by atoms with E-state index in [1.165, 1.54) is 4.31 Å². The normalized spacial score (nSPS) is 14.6. The third-order valence-corrected chi connectivity index (χ3v) is 7.00. The molecule has 0 aliphatic carbocycles. The summed E-state index contributed by atoms with van der Waals surface area (Å²) in [6.45, 7) is 0.297. The Labute approximate surface area is 186 Å². The molecule has 1 heterocycles. The number of hydrogen-bond acceptors (Lipinski definition) is 6. The second-order valence-electron chi connectivity index (χ2n) is 7.31. The van der Waals surface area contributed by atoms with Crippen LogP contribution in [0.3, 0.4) is 0 Å². The molecule has 0 saturated carbocycles. The number of sulfonamides is 1. The lowest BCUT2D eigenvalue weighted by Gasteiger charge is -2.26. The molecule has 0 spiro atoms. The van der Waals surface area contributed by atoms with E-state index >= 15 is 0 Å². The smallest absolute Gasteiger partial charge is 0.338 e. The van der Waals surface area contributed by atoms with Crippen LogP contribution in [0.25, 0.3) is 0 Å². The molecule has 1 fully saturated rings. The van der Waals surface area contributed by atoms with Crippen molar-refractivity contribution in [3.63, 3.8) is 0 Å². The van der Waals surface area contributed by atoms with Crippen LogP contribution in [0.5, 0.6) is 5.75 Å². The van der Waals surface area contributed by atoms with Crippen molar-refractivity contribution in [2.45, 2.75) is 30.7 Å². The number of carbonyl (C=O) groups is 2. The van der Waals surface area contributed by atoms with Gasteiger partial charge in [-0.25, -0.2) is 17.6 Å². The lowest BCUT2D eigenvalue weighted by atomic mass is 10.2. The van der Waals surface area contributed by atoms with Gasteiger partial charge in [0.25, 0.3) is 5.91 Å². The number of amides is 1. The minimum atomic E-state index is -4.06. The summed E-state index contributed by atoms with van der Waals surface area (Å²) < 4.78 is 51.1. The van der Waals surface area contributed by atoms with Crippen LogP contribution in [0, 0.1) is 5.82 Å². The van der Waals surface area contributed by atoms with Crippen molar-refractivity contribution in [2.24, 2.45) is 0 Å². The molecule has 0 unspecified atom stereocenters. The lowest BCUT2D eigenvalue weighted by Crippen LogP contribution is -2.36. The Morgan fingerprint density at radius 3 is 2.41 bits per heavy atom. The van der Waals surface area contributed by atoms with E-state index in [2.05, 4.69) is 5.32 Å². The minimum Gasteiger partial charge on any atom is -0.497 e. The summed E-state index contributed by atoms with van der Waals surface area (Å²) in [4.78, 5) is 23.7. The van der Waals surface area contributed by atoms with Gasteiger partial charge < -0.3 is 14.8 Å². The van der Waals surface area contributed by atoms with Gasteiger partial charge in [-0.05, 0) is 48.7 Å². The number of benzene rings is 2. The first-order valence-electron chi connectivity index (χ1n) is 10.2. The van der Waals surface area contributed by atoms with Crippen molar-refractivity contribution in [3.8, 4) is 5.75 Å². The zero-order chi connectivity index (χ0) is 23.1. The molecular weight excluding hydrogens is 439 g/mol. The maximum atomic E-state index is 14.3. The zero-order valence-corrected chi connectivity index (χ0v) is 18.5. The van der Waals surface area contributed by atoms with E-state index in [4.69, 9.17) is 9.47 Å². The Kier molecular flexibility index (Phi) is 7.81. The fourth-order valence-corrected chi connectivity index (χ4v) is 4.89. The molecule has 1 saturated heterocycles. The SMILES string of the molecule is COc1ccc(CNC(=O)COC(=O)c2ccc(F)c(S(=O)(=O)N3CCCCC3)c2)cc1. The molecule has 1 aliphatic rings. The average molecular weight is 465 g/mol. The predicted octanol–water partition coefficient (Wildman–Crippen LogP) is 2.48. The molecule has 2 aromatic rings. The van der Waals surface area contributed by atoms with Crippen LogP contribution in [0.1, 0.15) is 35.2 Å². The molecule has 0 radical (unpaired) electrons. The standard InChI is InChI=1S/C22H25FN2O6S/c1-30-18-8-5-16(6-9-18)14-24-21(26)15-31-22(27)17-7-10-19(23)20(13-17)32(28,29)25-11-3-2-4-12-25/h5-10,13H,2-4,11-12,14-15H2,1H3,(H,24,26). The van der Waals surface area contributed by atoms with Crippen molar-refractivity contribution >= 4 is 21.9 Å². The quantitative estimate of drug-likeness (QED) is 0.603.